The Hall–Kier alpha value is -1.25. The summed E-state index contributed by atoms with van der Waals surface area (Å²) < 4.78 is 5.23. The SMILES string of the molecule is COc1cccnc1-c1cc(Cl)ccc1Cl. The zero-order chi connectivity index (χ0) is 11.5. The molecule has 0 radical (unpaired) electrons. The number of aromatic nitrogens is 1. The van der Waals surface area contributed by atoms with E-state index >= 15 is 0 Å². The fraction of sp³-hybridized carbons (Fsp3) is 0.0833. The second kappa shape index (κ2) is 4.73. The van der Waals surface area contributed by atoms with Crippen LogP contribution >= 0.6 is 23.2 Å². The molecule has 0 amide bonds. The van der Waals surface area contributed by atoms with Crippen LogP contribution in [0.4, 0.5) is 0 Å². The molecular weight excluding hydrogens is 245 g/mol. The second-order valence-electron chi connectivity index (χ2n) is 3.18. The molecule has 0 bridgehead atoms. The number of ether oxygens (including phenoxy) is 1. The Bertz CT molecular complexity index is 514. The Morgan fingerprint density at radius 2 is 2.00 bits per heavy atom. The van der Waals surface area contributed by atoms with Gasteiger partial charge in [0.2, 0.25) is 0 Å². The van der Waals surface area contributed by atoms with Crippen LogP contribution in [-0.2, 0) is 0 Å². The van der Waals surface area contributed by atoms with Crippen molar-refractivity contribution in [2.45, 2.75) is 0 Å². The first-order chi connectivity index (χ1) is 7.72. The van der Waals surface area contributed by atoms with Gasteiger partial charge in [-0.15, -0.1) is 0 Å². The average Bonchev–Trinajstić information content (AvgIpc) is 2.32. The lowest BCUT2D eigenvalue weighted by molar-refractivity contribution is 0.415. The zero-order valence-corrected chi connectivity index (χ0v) is 10.1. The van der Waals surface area contributed by atoms with Crippen molar-refractivity contribution in [3.05, 3.63) is 46.6 Å². The van der Waals surface area contributed by atoms with Gasteiger partial charge in [0.25, 0.3) is 0 Å². The van der Waals surface area contributed by atoms with Crippen molar-refractivity contribution in [2.75, 3.05) is 7.11 Å². The third kappa shape index (κ3) is 2.13. The first-order valence-corrected chi connectivity index (χ1v) is 5.42. The van der Waals surface area contributed by atoms with Crippen LogP contribution in [0.1, 0.15) is 0 Å². The lowest BCUT2D eigenvalue weighted by Gasteiger charge is -2.08. The summed E-state index contributed by atoms with van der Waals surface area (Å²) in [6.07, 6.45) is 1.69. The summed E-state index contributed by atoms with van der Waals surface area (Å²) in [7, 11) is 1.60. The third-order valence-electron chi connectivity index (χ3n) is 2.17. The highest BCUT2D eigenvalue weighted by Crippen LogP contribution is 2.34. The van der Waals surface area contributed by atoms with E-state index in [4.69, 9.17) is 27.9 Å². The molecule has 1 aromatic carbocycles. The Labute approximate surface area is 104 Å². The molecule has 1 heterocycles. The number of methoxy groups -OCH3 is 1. The molecule has 0 saturated carbocycles. The lowest BCUT2D eigenvalue weighted by Crippen LogP contribution is -1.91. The van der Waals surface area contributed by atoms with Crippen LogP contribution in [0.2, 0.25) is 10.0 Å². The summed E-state index contributed by atoms with van der Waals surface area (Å²) in [5, 5.41) is 1.22. The van der Waals surface area contributed by atoms with Gasteiger partial charge >= 0.3 is 0 Å². The number of hydrogen-bond donors (Lipinski definition) is 0. The molecule has 0 unspecified atom stereocenters. The van der Waals surface area contributed by atoms with Gasteiger partial charge in [-0.25, -0.2) is 0 Å². The van der Waals surface area contributed by atoms with Crippen LogP contribution in [0.25, 0.3) is 11.3 Å². The van der Waals surface area contributed by atoms with Crippen molar-refractivity contribution in [3.63, 3.8) is 0 Å². The zero-order valence-electron chi connectivity index (χ0n) is 8.58. The smallest absolute Gasteiger partial charge is 0.145 e. The van der Waals surface area contributed by atoms with Crippen molar-refractivity contribution in [1.29, 1.82) is 0 Å². The minimum absolute atomic E-state index is 0.599. The van der Waals surface area contributed by atoms with E-state index in [2.05, 4.69) is 4.98 Å². The first-order valence-electron chi connectivity index (χ1n) is 4.67. The summed E-state index contributed by atoms with van der Waals surface area (Å²) in [5.74, 6) is 0.673. The maximum absolute atomic E-state index is 6.11. The molecule has 16 heavy (non-hydrogen) atoms. The highest BCUT2D eigenvalue weighted by Gasteiger charge is 2.10. The van der Waals surface area contributed by atoms with Crippen LogP contribution in [0.5, 0.6) is 5.75 Å². The normalized spacial score (nSPS) is 10.2. The molecule has 0 saturated heterocycles. The molecule has 2 rings (SSSR count). The van der Waals surface area contributed by atoms with Gasteiger partial charge in [0.05, 0.1) is 12.1 Å². The summed E-state index contributed by atoms with van der Waals surface area (Å²) in [5.41, 5.74) is 1.46. The van der Waals surface area contributed by atoms with E-state index in [1.54, 1.807) is 37.6 Å². The van der Waals surface area contributed by atoms with E-state index in [-0.39, 0.29) is 0 Å². The molecule has 0 spiro atoms. The van der Waals surface area contributed by atoms with Gasteiger partial charge in [0.15, 0.2) is 0 Å². The number of benzene rings is 1. The quantitative estimate of drug-likeness (QED) is 0.806. The number of hydrogen-bond acceptors (Lipinski definition) is 2. The molecule has 4 heteroatoms. The van der Waals surface area contributed by atoms with E-state index in [1.807, 2.05) is 6.07 Å². The van der Waals surface area contributed by atoms with E-state index in [0.717, 1.165) is 5.56 Å². The Morgan fingerprint density at radius 1 is 1.19 bits per heavy atom. The van der Waals surface area contributed by atoms with E-state index < -0.39 is 0 Å². The third-order valence-corrected chi connectivity index (χ3v) is 2.74. The van der Waals surface area contributed by atoms with Gasteiger partial charge in [-0.05, 0) is 30.3 Å². The fourth-order valence-electron chi connectivity index (χ4n) is 1.44. The number of halogens is 2. The molecule has 0 N–H and O–H groups in total. The van der Waals surface area contributed by atoms with Crippen LogP contribution < -0.4 is 4.74 Å². The summed E-state index contributed by atoms with van der Waals surface area (Å²) in [4.78, 5) is 4.25. The Kier molecular flexibility index (Phi) is 3.32. The maximum Gasteiger partial charge on any atom is 0.145 e. The summed E-state index contributed by atoms with van der Waals surface area (Å²) >= 11 is 12.0. The van der Waals surface area contributed by atoms with Gasteiger partial charge in [-0.3, -0.25) is 4.98 Å². The predicted octanol–water partition coefficient (Wildman–Crippen LogP) is 4.06. The van der Waals surface area contributed by atoms with Crippen molar-refractivity contribution in [3.8, 4) is 17.0 Å². The maximum atomic E-state index is 6.11. The van der Waals surface area contributed by atoms with E-state index in [0.29, 0.717) is 21.5 Å². The monoisotopic (exact) mass is 253 g/mol. The average molecular weight is 254 g/mol. The van der Waals surface area contributed by atoms with Gasteiger partial charge in [-0.2, -0.15) is 0 Å². The van der Waals surface area contributed by atoms with E-state index in [1.165, 1.54) is 0 Å². The highest BCUT2D eigenvalue weighted by molar-refractivity contribution is 6.35. The van der Waals surface area contributed by atoms with Crippen LogP contribution in [0.15, 0.2) is 36.5 Å². The summed E-state index contributed by atoms with van der Waals surface area (Å²) in [6, 6.07) is 8.89. The summed E-state index contributed by atoms with van der Waals surface area (Å²) in [6.45, 7) is 0. The number of rotatable bonds is 2. The first kappa shape index (κ1) is 11.2. The molecule has 0 aliphatic rings. The lowest BCUT2D eigenvalue weighted by atomic mass is 10.1. The van der Waals surface area contributed by atoms with Gasteiger partial charge in [0.1, 0.15) is 11.4 Å². The van der Waals surface area contributed by atoms with Crippen molar-refractivity contribution in [2.24, 2.45) is 0 Å². The number of nitrogens with zero attached hydrogens (tertiary/aromatic N) is 1. The molecule has 0 aliphatic heterocycles. The molecule has 1 aromatic heterocycles. The highest BCUT2D eigenvalue weighted by atomic mass is 35.5. The molecule has 2 aromatic rings. The predicted molar refractivity (Wildman–Crippen MR) is 66.2 cm³/mol. The minimum Gasteiger partial charge on any atom is -0.494 e. The van der Waals surface area contributed by atoms with Crippen LogP contribution in [-0.4, -0.2) is 12.1 Å². The van der Waals surface area contributed by atoms with Crippen LogP contribution in [0.3, 0.4) is 0 Å². The van der Waals surface area contributed by atoms with Crippen molar-refractivity contribution >= 4 is 23.2 Å². The second-order valence-corrected chi connectivity index (χ2v) is 4.02. The topological polar surface area (TPSA) is 22.1 Å². The molecule has 0 atom stereocenters. The Morgan fingerprint density at radius 3 is 2.75 bits per heavy atom. The minimum atomic E-state index is 0.599. The Balaban J connectivity index is 2.62. The van der Waals surface area contributed by atoms with Crippen molar-refractivity contribution < 1.29 is 4.74 Å². The largest absolute Gasteiger partial charge is 0.494 e. The fourth-order valence-corrected chi connectivity index (χ4v) is 1.82. The van der Waals surface area contributed by atoms with Crippen molar-refractivity contribution in [1.82, 2.24) is 4.98 Å². The molecule has 0 fully saturated rings. The van der Waals surface area contributed by atoms with Gasteiger partial charge in [-0.1, -0.05) is 23.2 Å². The number of pyridine rings is 1. The molecule has 0 aliphatic carbocycles. The van der Waals surface area contributed by atoms with Crippen LogP contribution in [0, 0.1) is 0 Å². The van der Waals surface area contributed by atoms with E-state index in [9.17, 15) is 0 Å². The standard InChI is InChI=1S/C12H9Cl2NO/c1-16-11-3-2-6-15-12(11)9-7-8(13)4-5-10(9)14/h2-7H,1H3. The molecule has 2 nitrogen and oxygen atoms in total. The molecule has 82 valence electrons. The van der Waals surface area contributed by atoms with Gasteiger partial charge in [0, 0.05) is 16.8 Å². The van der Waals surface area contributed by atoms with Gasteiger partial charge < -0.3 is 4.74 Å². The molecular formula is C12H9Cl2NO.